The summed E-state index contributed by atoms with van der Waals surface area (Å²) in [5.74, 6) is -0.736. The number of esters is 1. The van der Waals surface area contributed by atoms with E-state index in [1.165, 1.54) is 7.11 Å². The summed E-state index contributed by atoms with van der Waals surface area (Å²) in [6, 6.07) is 0. The van der Waals surface area contributed by atoms with Crippen molar-refractivity contribution in [3.05, 3.63) is 12.7 Å². The molecule has 0 unspecified atom stereocenters. The van der Waals surface area contributed by atoms with Crippen molar-refractivity contribution in [2.24, 2.45) is 5.92 Å². The smallest absolute Gasteiger partial charge is 0.312 e. The Bertz CT molecular complexity index is 217. The van der Waals surface area contributed by atoms with Gasteiger partial charge in [-0.25, -0.2) is 0 Å². The number of piperidine rings is 1. The van der Waals surface area contributed by atoms with E-state index in [4.69, 9.17) is 0 Å². The van der Waals surface area contributed by atoms with Crippen molar-refractivity contribution in [1.82, 2.24) is 4.90 Å². The first-order valence-corrected chi connectivity index (χ1v) is 4.78. The standard InChI is InChI=1S/C10H17NO3/c1-3-5-11-6-4-9(12)8(7-11)10(13)14-2/h3,8-9,12H,1,4-7H2,2H3/t8-,9-/m1/s1. The van der Waals surface area contributed by atoms with Crippen LogP contribution in [0, 0.1) is 5.92 Å². The number of hydrogen-bond donors (Lipinski definition) is 1. The molecule has 1 aliphatic rings. The van der Waals surface area contributed by atoms with Gasteiger partial charge in [-0.1, -0.05) is 6.08 Å². The SMILES string of the molecule is C=CCN1CC[C@@H](O)[C@H](C(=O)OC)C1. The summed E-state index contributed by atoms with van der Waals surface area (Å²) in [4.78, 5) is 13.4. The third-order valence-electron chi connectivity index (χ3n) is 2.55. The molecule has 1 saturated heterocycles. The Morgan fingerprint density at radius 1 is 1.79 bits per heavy atom. The fourth-order valence-corrected chi connectivity index (χ4v) is 1.74. The maximum absolute atomic E-state index is 11.3. The van der Waals surface area contributed by atoms with Gasteiger partial charge < -0.3 is 9.84 Å². The van der Waals surface area contributed by atoms with E-state index >= 15 is 0 Å². The van der Waals surface area contributed by atoms with Crippen LogP contribution in [0.2, 0.25) is 0 Å². The van der Waals surface area contributed by atoms with E-state index in [0.29, 0.717) is 13.0 Å². The average molecular weight is 199 g/mol. The van der Waals surface area contributed by atoms with Crippen molar-refractivity contribution in [2.75, 3.05) is 26.7 Å². The first-order chi connectivity index (χ1) is 6.69. The zero-order valence-electron chi connectivity index (χ0n) is 8.48. The van der Waals surface area contributed by atoms with E-state index < -0.39 is 12.0 Å². The molecule has 4 nitrogen and oxygen atoms in total. The van der Waals surface area contributed by atoms with Crippen LogP contribution in [-0.4, -0.2) is 48.8 Å². The summed E-state index contributed by atoms with van der Waals surface area (Å²) in [6.07, 6.45) is 1.85. The summed E-state index contributed by atoms with van der Waals surface area (Å²) in [7, 11) is 1.35. The number of hydrogen-bond acceptors (Lipinski definition) is 4. The zero-order chi connectivity index (χ0) is 10.6. The van der Waals surface area contributed by atoms with Gasteiger partial charge in [0.1, 0.15) is 0 Å². The van der Waals surface area contributed by atoms with Crippen LogP contribution < -0.4 is 0 Å². The molecule has 0 spiro atoms. The van der Waals surface area contributed by atoms with E-state index in [-0.39, 0.29) is 5.97 Å². The highest BCUT2D eigenvalue weighted by Gasteiger charge is 2.33. The summed E-state index contributed by atoms with van der Waals surface area (Å²) in [5.41, 5.74) is 0. The lowest BCUT2D eigenvalue weighted by Crippen LogP contribution is -2.46. The van der Waals surface area contributed by atoms with E-state index in [1.54, 1.807) is 6.08 Å². The average Bonchev–Trinajstić information content (AvgIpc) is 2.20. The predicted octanol–water partition coefficient (Wildman–Crippen LogP) is 0.0282. The Labute approximate surface area is 84.2 Å². The quantitative estimate of drug-likeness (QED) is 0.514. The molecule has 1 aliphatic heterocycles. The van der Waals surface area contributed by atoms with Gasteiger partial charge in [0.2, 0.25) is 0 Å². The predicted molar refractivity (Wildman–Crippen MR) is 52.8 cm³/mol. The highest BCUT2D eigenvalue weighted by atomic mass is 16.5. The first kappa shape index (κ1) is 11.2. The van der Waals surface area contributed by atoms with Crippen LogP contribution in [0.3, 0.4) is 0 Å². The Kier molecular flexibility index (Phi) is 4.10. The van der Waals surface area contributed by atoms with Gasteiger partial charge in [-0.3, -0.25) is 9.69 Å². The number of rotatable bonds is 3. The van der Waals surface area contributed by atoms with Gasteiger partial charge in [-0.2, -0.15) is 0 Å². The Morgan fingerprint density at radius 3 is 3.07 bits per heavy atom. The molecule has 80 valence electrons. The van der Waals surface area contributed by atoms with E-state index in [2.05, 4.69) is 16.2 Å². The van der Waals surface area contributed by atoms with E-state index in [1.807, 2.05) is 0 Å². The second kappa shape index (κ2) is 5.12. The molecule has 0 aromatic carbocycles. The molecule has 1 rings (SSSR count). The van der Waals surface area contributed by atoms with Crippen molar-refractivity contribution in [3.8, 4) is 0 Å². The van der Waals surface area contributed by atoms with Crippen molar-refractivity contribution in [3.63, 3.8) is 0 Å². The number of methoxy groups -OCH3 is 1. The number of aliphatic hydroxyl groups excluding tert-OH is 1. The molecule has 0 bridgehead atoms. The highest BCUT2D eigenvalue weighted by molar-refractivity contribution is 5.73. The monoisotopic (exact) mass is 199 g/mol. The van der Waals surface area contributed by atoms with Crippen LogP contribution in [-0.2, 0) is 9.53 Å². The number of ether oxygens (including phenoxy) is 1. The number of aliphatic hydroxyl groups is 1. The third kappa shape index (κ3) is 2.56. The maximum Gasteiger partial charge on any atom is 0.312 e. The zero-order valence-corrected chi connectivity index (χ0v) is 8.48. The largest absolute Gasteiger partial charge is 0.469 e. The molecule has 1 N–H and O–H groups in total. The Balaban J connectivity index is 2.54. The van der Waals surface area contributed by atoms with Crippen LogP contribution >= 0.6 is 0 Å². The van der Waals surface area contributed by atoms with Crippen LogP contribution in [0.4, 0.5) is 0 Å². The highest BCUT2D eigenvalue weighted by Crippen LogP contribution is 2.18. The minimum Gasteiger partial charge on any atom is -0.469 e. The molecule has 2 atom stereocenters. The van der Waals surface area contributed by atoms with Crippen molar-refractivity contribution >= 4 is 5.97 Å². The Morgan fingerprint density at radius 2 is 2.50 bits per heavy atom. The van der Waals surface area contributed by atoms with Gasteiger partial charge in [0, 0.05) is 19.6 Å². The lowest BCUT2D eigenvalue weighted by atomic mass is 9.95. The molecule has 0 saturated carbocycles. The fourth-order valence-electron chi connectivity index (χ4n) is 1.74. The second-order valence-electron chi connectivity index (χ2n) is 3.53. The normalized spacial score (nSPS) is 28.4. The molecule has 0 aromatic rings. The lowest BCUT2D eigenvalue weighted by molar-refractivity contribution is -0.152. The van der Waals surface area contributed by atoms with Gasteiger partial charge in [0.25, 0.3) is 0 Å². The molecule has 1 heterocycles. The van der Waals surface area contributed by atoms with Gasteiger partial charge in [-0.15, -0.1) is 6.58 Å². The minimum absolute atomic E-state index is 0.328. The van der Waals surface area contributed by atoms with Crippen LogP contribution in [0.25, 0.3) is 0 Å². The molecular formula is C10H17NO3. The summed E-state index contributed by atoms with van der Waals surface area (Å²) >= 11 is 0. The molecule has 14 heavy (non-hydrogen) atoms. The van der Waals surface area contributed by atoms with Crippen LogP contribution in [0.15, 0.2) is 12.7 Å². The first-order valence-electron chi connectivity index (χ1n) is 4.78. The number of likely N-dealkylation sites (tertiary alicyclic amines) is 1. The molecule has 0 aliphatic carbocycles. The van der Waals surface area contributed by atoms with Crippen LogP contribution in [0.1, 0.15) is 6.42 Å². The van der Waals surface area contributed by atoms with Crippen molar-refractivity contribution < 1.29 is 14.6 Å². The molecule has 1 fully saturated rings. The topological polar surface area (TPSA) is 49.8 Å². The molecule has 0 amide bonds. The summed E-state index contributed by atoms with van der Waals surface area (Å²) < 4.78 is 4.64. The number of nitrogens with zero attached hydrogens (tertiary/aromatic N) is 1. The van der Waals surface area contributed by atoms with Gasteiger partial charge in [0.05, 0.1) is 19.1 Å². The third-order valence-corrected chi connectivity index (χ3v) is 2.55. The maximum atomic E-state index is 11.3. The van der Waals surface area contributed by atoms with Gasteiger partial charge >= 0.3 is 5.97 Å². The van der Waals surface area contributed by atoms with E-state index in [9.17, 15) is 9.90 Å². The van der Waals surface area contributed by atoms with Crippen molar-refractivity contribution in [2.45, 2.75) is 12.5 Å². The van der Waals surface area contributed by atoms with Crippen LogP contribution in [0.5, 0.6) is 0 Å². The molecular weight excluding hydrogens is 182 g/mol. The minimum atomic E-state index is -0.566. The van der Waals surface area contributed by atoms with E-state index in [0.717, 1.165) is 13.1 Å². The van der Waals surface area contributed by atoms with Gasteiger partial charge in [0.15, 0.2) is 0 Å². The van der Waals surface area contributed by atoms with Crippen molar-refractivity contribution in [1.29, 1.82) is 0 Å². The van der Waals surface area contributed by atoms with Gasteiger partial charge in [-0.05, 0) is 6.42 Å². The summed E-state index contributed by atoms with van der Waals surface area (Å²) in [6.45, 7) is 5.76. The molecule has 4 heteroatoms. The number of carbonyl (C=O) groups excluding carboxylic acids is 1. The fraction of sp³-hybridized carbons (Fsp3) is 0.700. The summed E-state index contributed by atoms with van der Waals surface area (Å²) in [5, 5.41) is 9.60. The second-order valence-corrected chi connectivity index (χ2v) is 3.53. The molecule has 0 aromatic heterocycles. The lowest BCUT2D eigenvalue weighted by Gasteiger charge is -2.33. The number of carbonyl (C=O) groups is 1. The Hall–Kier alpha value is -0.870. The molecule has 0 radical (unpaired) electrons.